The molecule has 8 heteroatoms. The van der Waals surface area contributed by atoms with Crippen LogP contribution in [0.1, 0.15) is 28.8 Å². The van der Waals surface area contributed by atoms with Crippen LogP contribution in [0.25, 0.3) is 0 Å². The molecule has 0 unspecified atom stereocenters. The lowest BCUT2D eigenvalue weighted by Crippen LogP contribution is -2.48. The number of likely N-dealkylation sites (tertiary alicyclic amines) is 1. The standard InChI is InChI=1S/C25H32N6O2/c1-2-23(32)31-17-15-30(16-18-31)22-10-9-21(24(26)33)25(28-22)27-20-7-5-19(6-8-20)11-14-29-12-3-4-13-29/h2,5-10H,1,3-4,11-18H2,(H2,26,33)(H,27,28). The van der Waals surface area contributed by atoms with Crippen molar-refractivity contribution in [2.45, 2.75) is 19.3 Å². The minimum atomic E-state index is -0.528. The molecule has 2 fully saturated rings. The highest BCUT2D eigenvalue weighted by Crippen LogP contribution is 2.24. The third kappa shape index (κ3) is 5.70. The summed E-state index contributed by atoms with van der Waals surface area (Å²) < 4.78 is 0. The zero-order valence-corrected chi connectivity index (χ0v) is 19.0. The van der Waals surface area contributed by atoms with Crippen molar-refractivity contribution in [3.05, 3.63) is 60.2 Å². The Kier molecular flexibility index (Phi) is 7.24. The highest BCUT2D eigenvalue weighted by atomic mass is 16.2. The number of anilines is 3. The SMILES string of the molecule is C=CC(=O)N1CCN(c2ccc(C(N)=O)c(Nc3ccc(CCN4CCCC4)cc3)n2)CC1. The van der Waals surface area contributed by atoms with E-state index < -0.39 is 5.91 Å². The molecule has 0 bridgehead atoms. The zero-order valence-electron chi connectivity index (χ0n) is 19.0. The van der Waals surface area contributed by atoms with Crippen LogP contribution in [-0.4, -0.2) is 72.4 Å². The average Bonchev–Trinajstić information content (AvgIpc) is 3.37. The van der Waals surface area contributed by atoms with Gasteiger partial charge in [-0.3, -0.25) is 9.59 Å². The minimum Gasteiger partial charge on any atom is -0.365 e. The minimum absolute atomic E-state index is 0.0575. The van der Waals surface area contributed by atoms with Crippen molar-refractivity contribution < 1.29 is 9.59 Å². The summed E-state index contributed by atoms with van der Waals surface area (Å²) in [6.07, 6.45) is 4.98. The molecule has 2 saturated heterocycles. The molecular formula is C25H32N6O2. The van der Waals surface area contributed by atoms with Gasteiger partial charge in [0.1, 0.15) is 11.6 Å². The van der Waals surface area contributed by atoms with Gasteiger partial charge >= 0.3 is 0 Å². The Balaban J connectivity index is 1.43. The van der Waals surface area contributed by atoms with Crippen LogP contribution in [0.5, 0.6) is 0 Å². The van der Waals surface area contributed by atoms with E-state index in [0.29, 0.717) is 37.6 Å². The van der Waals surface area contributed by atoms with E-state index in [1.165, 1.54) is 37.6 Å². The normalized spacial score (nSPS) is 16.6. The van der Waals surface area contributed by atoms with Crippen molar-refractivity contribution in [3.63, 3.8) is 0 Å². The van der Waals surface area contributed by atoms with Crippen LogP contribution in [0.4, 0.5) is 17.3 Å². The fourth-order valence-corrected chi connectivity index (χ4v) is 4.39. The van der Waals surface area contributed by atoms with Crippen molar-refractivity contribution in [2.24, 2.45) is 5.73 Å². The molecule has 4 rings (SSSR count). The lowest BCUT2D eigenvalue weighted by Gasteiger charge is -2.35. The van der Waals surface area contributed by atoms with Crippen LogP contribution in [-0.2, 0) is 11.2 Å². The number of benzene rings is 1. The van der Waals surface area contributed by atoms with Gasteiger partial charge in [-0.25, -0.2) is 4.98 Å². The van der Waals surface area contributed by atoms with Crippen molar-refractivity contribution in [2.75, 3.05) is 56.0 Å². The molecule has 0 atom stereocenters. The van der Waals surface area contributed by atoms with E-state index >= 15 is 0 Å². The first-order valence-corrected chi connectivity index (χ1v) is 11.6. The molecule has 2 amide bonds. The number of nitrogens with two attached hydrogens (primary N) is 1. The van der Waals surface area contributed by atoms with Crippen LogP contribution in [0.3, 0.4) is 0 Å². The van der Waals surface area contributed by atoms with Gasteiger partial charge in [0.25, 0.3) is 5.91 Å². The Morgan fingerprint density at radius 2 is 1.70 bits per heavy atom. The Labute approximate surface area is 195 Å². The number of hydrogen-bond donors (Lipinski definition) is 2. The van der Waals surface area contributed by atoms with Crippen molar-refractivity contribution in [1.29, 1.82) is 0 Å². The summed E-state index contributed by atoms with van der Waals surface area (Å²) in [7, 11) is 0. The number of nitrogens with zero attached hydrogens (tertiary/aromatic N) is 4. The average molecular weight is 449 g/mol. The maximum atomic E-state index is 12.0. The monoisotopic (exact) mass is 448 g/mol. The number of aromatic nitrogens is 1. The summed E-state index contributed by atoms with van der Waals surface area (Å²) in [5, 5.41) is 3.27. The summed E-state index contributed by atoms with van der Waals surface area (Å²) in [4.78, 5) is 34.9. The molecule has 0 saturated carbocycles. The first-order chi connectivity index (χ1) is 16.0. The number of carbonyl (C=O) groups excluding carboxylic acids is 2. The maximum absolute atomic E-state index is 12.0. The molecule has 2 aromatic rings. The molecule has 3 N–H and O–H groups in total. The number of rotatable bonds is 8. The second kappa shape index (κ2) is 10.5. The zero-order chi connectivity index (χ0) is 23.2. The van der Waals surface area contributed by atoms with Gasteiger partial charge in [0.2, 0.25) is 5.91 Å². The molecule has 1 aromatic carbocycles. The van der Waals surface area contributed by atoms with Gasteiger partial charge in [0.15, 0.2) is 0 Å². The molecule has 174 valence electrons. The van der Waals surface area contributed by atoms with Gasteiger partial charge < -0.3 is 25.8 Å². The summed E-state index contributed by atoms with van der Waals surface area (Å²) in [5.41, 5.74) is 8.08. The lowest BCUT2D eigenvalue weighted by molar-refractivity contribution is -0.126. The largest absolute Gasteiger partial charge is 0.365 e. The van der Waals surface area contributed by atoms with Crippen LogP contribution in [0.15, 0.2) is 49.1 Å². The molecule has 2 aliphatic rings. The summed E-state index contributed by atoms with van der Waals surface area (Å²) in [6.45, 7) is 9.58. The van der Waals surface area contributed by atoms with Gasteiger partial charge in [-0.15, -0.1) is 0 Å². The van der Waals surface area contributed by atoms with Crippen LogP contribution in [0, 0.1) is 0 Å². The molecule has 1 aromatic heterocycles. The number of nitrogens with one attached hydrogen (secondary N) is 1. The third-order valence-corrected chi connectivity index (χ3v) is 6.37. The fourth-order valence-electron chi connectivity index (χ4n) is 4.39. The van der Waals surface area contributed by atoms with Crippen molar-refractivity contribution in [3.8, 4) is 0 Å². The molecule has 2 aliphatic heterocycles. The number of piperazine rings is 1. The van der Waals surface area contributed by atoms with Crippen LogP contribution in [0.2, 0.25) is 0 Å². The summed E-state index contributed by atoms with van der Waals surface area (Å²) in [6, 6.07) is 11.8. The second-order valence-electron chi connectivity index (χ2n) is 8.57. The highest BCUT2D eigenvalue weighted by molar-refractivity contribution is 5.98. The van der Waals surface area contributed by atoms with E-state index in [9.17, 15) is 9.59 Å². The number of primary amides is 1. The van der Waals surface area contributed by atoms with Gasteiger partial charge in [-0.2, -0.15) is 0 Å². The molecule has 8 nitrogen and oxygen atoms in total. The van der Waals surface area contributed by atoms with E-state index in [0.717, 1.165) is 24.5 Å². The molecule has 33 heavy (non-hydrogen) atoms. The molecule has 0 spiro atoms. The first-order valence-electron chi connectivity index (χ1n) is 11.6. The predicted molar refractivity (Wildman–Crippen MR) is 131 cm³/mol. The first kappa shape index (κ1) is 22.8. The second-order valence-corrected chi connectivity index (χ2v) is 8.57. The van der Waals surface area contributed by atoms with Gasteiger partial charge in [-0.1, -0.05) is 18.7 Å². The Morgan fingerprint density at radius 3 is 2.33 bits per heavy atom. The smallest absolute Gasteiger partial charge is 0.252 e. The Morgan fingerprint density at radius 1 is 1.00 bits per heavy atom. The molecule has 0 radical (unpaired) electrons. The van der Waals surface area contributed by atoms with E-state index in [2.05, 4.69) is 33.8 Å². The Hall–Kier alpha value is -3.39. The van der Waals surface area contributed by atoms with E-state index in [1.54, 1.807) is 17.0 Å². The molecule has 0 aliphatic carbocycles. The van der Waals surface area contributed by atoms with E-state index in [4.69, 9.17) is 10.7 Å². The lowest BCUT2D eigenvalue weighted by atomic mass is 10.1. The highest BCUT2D eigenvalue weighted by Gasteiger charge is 2.22. The van der Waals surface area contributed by atoms with E-state index in [1.807, 2.05) is 12.1 Å². The summed E-state index contributed by atoms with van der Waals surface area (Å²) in [5.74, 6) is 0.600. The van der Waals surface area contributed by atoms with Crippen molar-refractivity contribution >= 4 is 29.1 Å². The topological polar surface area (TPSA) is 94.8 Å². The molecular weight excluding hydrogens is 416 g/mol. The van der Waals surface area contributed by atoms with Crippen molar-refractivity contribution in [1.82, 2.24) is 14.8 Å². The summed E-state index contributed by atoms with van der Waals surface area (Å²) >= 11 is 0. The van der Waals surface area contributed by atoms with Crippen LogP contribution < -0.4 is 16.0 Å². The van der Waals surface area contributed by atoms with E-state index in [-0.39, 0.29) is 5.91 Å². The third-order valence-electron chi connectivity index (χ3n) is 6.37. The fraction of sp³-hybridized carbons (Fsp3) is 0.400. The number of amides is 2. The van der Waals surface area contributed by atoms with Gasteiger partial charge in [-0.05, 0) is 68.3 Å². The number of hydrogen-bond acceptors (Lipinski definition) is 6. The van der Waals surface area contributed by atoms with Gasteiger partial charge in [0.05, 0.1) is 5.56 Å². The maximum Gasteiger partial charge on any atom is 0.252 e. The predicted octanol–water partition coefficient (Wildman–Crippen LogP) is 2.40. The quantitative estimate of drug-likeness (QED) is 0.602. The molecule has 3 heterocycles. The number of pyridine rings is 1. The van der Waals surface area contributed by atoms with Gasteiger partial charge in [0, 0.05) is 38.4 Å². The number of carbonyl (C=O) groups is 2. The Bertz CT molecular complexity index is 992. The van der Waals surface area contributed by atoms with Crippen LogP contribution >= 0.6 is 0 Å².